The van der Waals surface area contributed by atoms with Gasteiger partial charge in [-0.3, -0.25) is 0 Å². The Kier molecular flexibility index (Phi) is 4.77. The molecule has 2 rings (SSSR count). The second kappa shape index (κ2) is 6.39. The van der Waals surface area contributed by atoms with Crippen LogP contribution in [0, 0.1) is 6.92 Å². The molecule has 0 unspecified atom stereocenters. The Labute approximate surface area is 126 Å². The number of hydrogen-bond acceptors (Lipinski definition) is 3. The first kappa shape index (κ1) is 15.7. The molecule has 112 valence electrons. The number of nitrogens with two attached hydrogens (primary N) is 1. The van der Waals surface area contributed by atoms with Crippen molar-refractivity contribution >= 4 is 10.0 Å². The van der Waals surface area contributed by atoms with Crippen LogP contribution in [0.3, 0.4) is 0 Å². The Morgan fingerprint density at radius 2 is 1.71 bits per heavy atom. The summed E-state index contributed by atoms with van der Waals surface area (Å²) in [7, 11) is -1.90. The number of sulfonamides is 1. The monoisotopic (exact) mass is 304 g/mol. The number of nitrogens with zero attached hydrogens (tertiary/aromatic N) is 1. The Bertz CT molecular complexity index is 727. The van der Waals surface area contributed by atoms with Gasteiger partial charge in [0.15, 0.2) is 0 Å². The molecule has 0 aliphatic carbocycles. The van der Waals surface area contributed by atoms with Gasteiger partial charge in [0, 0.05) is 20.1 Å². The van der Waals surface area contributed by atoms with E-state index in [0.717, 1.165) is 16.7 Å². The normalized spacial score (nSPS) is 11.8. The fraction of sp³-hybridized carbons (Fsp3) is 0.250. The molecule has 2 N–H and O–H groups in total. The molecule has 2 aromatic carbocycles. The third-order valence-electron chi connectivity index (χ3n) is 3.43. The molecule has 0 spiro atoms. The van der Waals surface area contributed by atoms with Gasteiger partial charge < -0.3 is 5.73 Å². The van der Waals surface area contributed by atoms with E-state index in [1.165, 1.54) is 4.31 Å². The highest BCUT2D eigenvalue weighted by Crippen LogP contribution is 2.19. The highest BCUT2D eigenvalue weighted by Gasteiger charge is 2.21. The lowest BCUT2D eigenvalue weighted by molar-refractivity contribution is 0.465. The van der Waals surface area contributed by atoms with Gasteiger partial charge in [0.2, 0.25) is 10.0 Å². The molecule has 0 amide bonds. The quantitative estimate of drug-likeness (QED) is 0.921. The molecular formula is C16H20N2O2S. The van der Waals surface area contributed by atoms with E-state index in [9.17, 15) is 8.42 Å². The lowest BCUT2D eigenvalue weighted by atomic mass is 10.1. The Balaban J connectivity index is 2.29. The van der Waals surface area contributed by atoms with Crippen LogP contribution in [0.5, 0.6) is 0 Å². The van der Waals surface area contributed by atoms with E-state index in [-0.39, 0.29) is 0 Å². The van der Waals surface area contributed by atoms with Crippen molar-refractivity contribution in [2.45, 2.75) is 24.9 Å². The van der Waals surface area contributed by atoms with E-state index in [1.807, 2.05) is 37.3 Å². The molecule has 4 nitrogen and oxygen atoms in total. The minimum Gasteiger partial charge on any atom is -0.326 e. The molecule has 0 radical (unpaired) electrons. The van der Waals surface area contributed by atoms with Gasteiger partial charge in [-0.2, -0.15) is 4.31 Å². The standard InChI is InChI=1S/C16H20N2O2S/c1-13-6-5-9-16(10-13)21(19,20)18(2)12-15-8-4-3-7-14(15)11-17/h3-10H,11-12,17H2,1-2H3. The van der Waals surface area contributed by atoms with Crippen molar-refractivity contribution in [1.82, 2.24) is 4.31 Å². The van der Waals surface area contributed by atoms with E-state index < -0.39 is 10.0 Å². The van der Waals surface area contributed by atoms with Crippen LogP contribution in [0.25, 0.3) is 0 Å². The Hall–Kier alpha value is -1.69. The molecule has 0 heterocycles. The van der Waals surface area contributed by atoms with Gasteiger partial charge in [0.1, 0.15) is 0 Å². The van der Waals surface area contributed by atoms with Crippen molar-refractivity contribution in [3.8, 4) is 0 Å². The lowest BCUT2D eigenvalue weighted by Crippen LogP contribution is -2.27. The summed E-state index contributed by atoms with van der Waals surface area (Å²) >= 11 is 0. The van der Waals surface area contributed by atoms with E-state index in [4.69, 9.17) is 5.73 Å². The Morgan fingerprint density at radius 1 is 1.05 bits per heavy atom. The van der Waals surface area contributed by atoms with Gasteiger partial charge in [0.25, 0.3) is 0 Å². The van der Waals surface area contributed by atoms with Crippen LogP contribution in [0.4, 0.5) is 0 Å². The van der Waals surface area contributed by atoms with Crippen molar-refractivity contribution in [3.63, 3.8) is 0 Å². The summed E-state index contributed by atoms with van der Waals surface area (Å²) in [6.07, 6.45) is 0. The van der Waals surface area contributed by atoms with E-state index in [1.54, 1.807) is 25.2 Å². The van der Waals surface area contributed by atoms with Crippen molar-refractivity contribution in [2.75, 3.05) is 7.05 Å². The first-order valence-corrected chi connectivity index (χ1v) is 8.19. The third-order valence-corrected chi connectivity index (χ3v) is 5.23. The zero-order valence-corrected chi connectivity index (χ0v) is 13.1. The lowest BCUT2D eigenvalue weighted by Gasteiger charge is -2.19. The smallest absolute Gasteiger partial charge is 0.243 e. The summed E-state index contributed by atoms with van der Waals surface area (Å²) in [5.74, 6) is 0. The highest BCUT2D eigenvalue weighted by molar-refractivity contribution is 7.89. The molecule has 0 aromatic heterocycles. The van der Waals surface area contributed by atoms with Crippen LogP contribution in [-0.2, 0) is 23.1 Å². The first-order chi connectivity index (χ1) is 9.95. The average Bonchev–Trinajstić information content (AvgIpc) is 2.47. The molecule has 2 aromatic rings. The minimum absolute atomic E-state index is 0.309. The molecule has 5 heteroatoms. The fourth-order valence-electron chi connectivity index (χ4n) is 2.19. The molecule has 0 saturated heterocycles. The predicted molar refractivity (Wildman–Crippen MR) is 84.2 cm³/mol. The summed E-state index contributed by atoms with van der Waals surface area (Å²) < 4.78 is 26.5. The average molecular weight is 304 g/mol. The maximum absolute atomic E-state index is 12.6. The molecular weight excluding hydrogens is 284 g/mol. The van der Waals surface area contributed by atoms with Crippen LogP contribution in [0.15, 0.2) is 53.4 Å². The van der Waals surface area contributed by atoms with Gasteiger partial charge in [-0.15, -0.1) is 0 Å². The molecule has 0 fully saturated rings. The largest absolute Gasteiger partial charge is 0.326 e. The zero-order chi connectivity index (χ0) is 15.5. The fourth-order valence-corrected chi connectivity index (χ4v) is 3.45. The summed E-state index contributed by atoms with van der Waals surface area (Å²) in [4.78, 5) is 0.315. The van der Waals surface area contributed by atoms with Crippen molar-refractivity contribution in [3.05, 3.63) is 65.2 Å². The molecule has 21 heavy (non-hydrogen) atoms. The van der Waals surface area contributed by atoms with Gasteiger partial charge >= 0.3 is 0 Å². The zero-order valence-electron chi connectivity index (χ0n) is 12.3. The van der Waals surface area contributed by atoms with Gasteiger partial charge in [-0.05, 0) is 35.7 Å². The van der Waals surface area contributed by atoms with Crippen LogP contribution in [0.1, 0.15) is 16.7 Å². The summed E-state index contributed by atoms with van der Waals surface area (Å²) in [6.45, 7) is 2.58. The van der Waals surface area contributed by atoms with E-state index in [2.05, 4.69) is 0 Å². The first-order valence-electron chi connectivity index (χ1n) is 6.75. The van der Waals surface area contributed by atoms with Gasteiger partial charge in [-0.1, -0.05) is 36.4 Å². The molecule has 0 saturated carbocycles. The van der Waals surface area contributed by atoms with Crippen LogP contribution in [-0.4, -0.2) is 19.8 Å². The van der Waals surface area contributed by atoms with E-state index in [0.29, 0.717) is 18.0 Å². The maximum Gasteiger partial charge on any atom is 0.243 e. The van der Waals surface area contributed by atoms with Crippen LogP contribution < -0.4 is 5.73 Å². The summed E-state index contributed by atoms with van der Waals surface area (Å²) in [6, 6.07) is 14.6. The molecule has 0 aliphatic rings. The van der Waals surface area contributed by atoms with Gasteiger partial charge in [-0.25, -0.2) is 8.42 Å². The summed E-state index contributed by atoms with van der Waals surface area (Å²) in [5.41, 5.74) is 8.51. The number of aryl methyl sites for hydroxylation is 1. The van der Waals surface area contributed by atoms with Gasteiger partial charge in [0.05, 0.1) is 4.90 Å². The second-order valence-corrected chi connectivity index (χ2v) is 7.10. The van der Waals surface area contributed by atoms with Crippen molar-refractivity contribution in [2.24, 2.45) is 5.73 Å². The molecule has 0 bridgehead atoms. The Morgan fingerprint density at radius 3 is 2.33 bits per heavy atom. The van der Waals surface area contributed by atoms with Crippen molar-refractivity contribution < 1.29 is 8.42 Å². The summed E-state index contributed by atoms with van der Waals surface area (Å²) in [5, 5.41) is 0. The molecule has 0 atom stereocenters. The SMILES string of the molecule is Cc1cccc(S(=O)(=O)N(C)Cc2ccccc2CN)c1. The predicted octanol–water partition coefficient (Wildman–Crippen LogP) is 2.27. The van der Waals surface area contributed by atoms with Crippen molar-refractivity contribution in [1.29, 1.82) is 0 Å². The second-order valence-electron chi connectivity index (χ2n) is 5.05. The third kappa shape index (κ3) is 3.50. The molecule has 0 aliphatic heterocycles. The number of hydrogen-bond donors (Lipinski definition) is 1. The van der Waals surface area contributed by atoms with E-state index >= 15 is 0 Å². The highest BCUT2D eigenvalue weighted by atomic mass is 32.2. The topological polar surface area (TPSA) is 63.4 Å². The number of benzene rings is 2. The van der Waals surface area contributed by atoms with Crippen LogP contribution in [0.2, 0.25) is 0 Å². The maximum atomic E-state index is 12.6. The minimum atomic E-state index is -3.49. The number of rotatable bonds is 5. The van der Waals surface area contributed by atoms with Crippen LogP contribution >= 0.6 is 0 Å².